The zero-order valence-electron chi connectivity index (χ0n) is 16.0. The maximum atomic E-state index is 5.47. The molecule has 0 aliphatic heterocycles. The first kappa shape index (κ1) is 20.7. The minimum Gasteiger partial charge on any atom is -0.362 e. The van der Waals surface area contributed by atoms with Crippen molar-refractivity contribution in [1.29, 1.82) is 0 Å². The minimum absolute atomic E-state index is 0.0800. The second kappa shape index (κ2) is 10.5. The van der Waals surface area contributed by atoms with Gasteiger partial charge in [0, 0.05) is 25.2 Å². The summed E-state index contributed by atoms with van der Waals surface area (Å²) in [5, 5.41) is 15.3. The molecule has 144 valence electrons. The van der Waals surface area contributed by atoms with E-state index in [1.54, 1.807) is 0 Å². The lowest BCUT2D eigenvalue weighted by Crippen LogP contribution is -2.49. The third-order valence-corrected chi connectivity index (χ3v) is 5.86. The van der Waals surface area contributed by atoms with Gasteiger partial charge in [0.25, 0.3) is 0 Å². The molecule has 25 heavy (non-hydrogen) atoms. The van der Waals surface area contributed by atoms with Crippen molar-refractivity contribution >= 4 is 34.7 Å². The van der Waals surface area contributed by atoms with Gasteiger partial charge in [-0.05, 0) is 55.5 Å². The van der Waals surface area contributed by atoms with E-state index < -0.39 is 0 Å². The summed E-state index contributed by atoms with van der Waals surface area (Å²) in [7, 11) is 0. The van der Waals surface area contributed by atoms with Crippen LogP contribution in [0.15, 0.2) is 0 Å². The Kier molecular flexibility index (Phi) is 8.70. The SMILES string of the molecule is CC(C)(CNC(=S)NC1CCCCC1)CNC(=S)NC1CCCCC1. The zero-order valence-corrected chi connectivity index (χ0v) is 17.6. The van der Waals surface area contributed by atoms with Crippen LogP contribution in [0, 0.1) is 5.41 Å². The van der Waals surface area contributed by atoms with Gasteiger partial charge in [0.2, 0.25) is 0 Å². The molecule has 0 saturated heterocycles. The van der Waals surface area contributed by atoms with Gasteiger partial charge in [0.1, 0.15) is 0 Å². The van der Waals surface area contributed by atoms with Crippen molar-refractivity contribution in [2.75, 3.05) is 13.1 Å². The molecular weight excluding hydrogens is 348 g/mol. The van der Waals surface area contributed by atoms with E-state index in [4.69, 9.17) is 24.4 Å². The lowest BCUT2D eigenvalue weighted by atomic mass is 9.93. The van der Waals surface area contributed by atoms with Gasteiger partial charge in [-0.25, -0.2) is 0 Å². The highest BCUT2D eigenvalue weighted by atomic mass is 32.1. The van der Waals surface area contributed by atoms with Crippen LogP contribution in [0.4, 0.5) is 0 Å². The molecule has 4 N–H and O–H groups in total. The van der Waals surface area contributed by atoms with E-state index in [0.29, 0.717) is 12.1 Å². The summed E-state index contributed by atoms with van der Waals surface area (Å²) >= 11 is 10.9. The summed E-state index contributed by atoms with van der Waals surface area (Å²) < 4.78 is 0. The summed E-state index contributed by atoms with van der Waals surface area (Å²) in [5.74, 6) is 0. The van der Waals surface area contributed by atoms with Crippen LogP contribution in [0.3, 0.4) is 0 Å². The summed E-state index contributed by atoms with van der Waals surface area (Å²) in [5.41, 5.74) is 0.0800. The Hall–Kier alpha value is -0.620. The van der Waals surface area contributed by atoms with Crippen molar-refractivity contribution in [2.24, 2.45) is 5.41 Å². The first-order chi connectivity index (χ1) is 11.9. The summed E-state index contributed by atoms with van der Waals surface area (Å²) in [6.07, 6.45) is 13.0. The Labute approximate surface area is 164 Å². The van der Waals surface area contributed by atoms with Gasteiger partial charge in [-0.15, -0.1) is 0 Å². The Bertz CT molecular complexity index is 389. The fourth-order valence-corrected chi connectivity index (χ4v) is 4.15. The summed E-state index contributed by atoms with van der Waals surface area (Å²) in [6.45, 7) is 6.15. The third kappa shape index (κ3) is 8.54. The van der Waals surface area contributed by atoms with E-state index in [-0.39, 0.29) is 5.41 Å². The normalized spacial score (nSPS) is 19.9. The first-order valence-corrected chi connectivity index (χ1v) is 10.8. The number of rotatable bonds is 6. The van der Waals surface area contributed by atoms with Crippen molar-refractivity contribution in [3.05, 3.63) is 0 Å². The molecule has 0 aromatic carbocycles. The molecule has 4 nitrogen and oxygen atoms in total. The molecule has 0 radical (unpaired) electrons. The molecule has 0 spiro atoms. The monoisotopic (exact) mass is 384 g/mol. The van der Waals surface area contributed by atoms with Crippen LogP contribution in [0.2, 0.25) is 0 Å². The summed E-state index contributed by atoms with van der Waals surface area (Å²) in [6, 6.07) is 1.12. The fourth-order valence-electron chi connectivity index (χ4n) is 3.67. The van der Waals surface area contributed by atoms with E-state index in [9.17, 15) is 0 Å². The van der Waals surface area contributed by atoms with Crippen LogP contribution in [0.5, 0.6) is 0 Å². The van der Waals surface area contributed by atoms with Crippen molar-refractivity contribution in [2.45, 2.75) is 90.1 Å². The van der Waals surface area contributed by atoms with Crippen LogP contribution >= 0.6 is 24.4 Å². The molecule has 2 fully saturated rings. The third-order valence-electron chi connectivity index (χ3n) is 5.34. The van der Waals surface area contributed by atoms with Crippen molar-refractivity contribution in [3.8, 4) is 0 Å². The standard InChI is InChI=1S/C19H36N4S2/c1-19(2,13-20-17(24)22-15-9-5-3-6-10-15)14-21-18(25)23-16-11-7-4-8-12-16/h15-16H,3-14H2,1-2H3,(H2,20,22,24)(H2,21,23,25). The number of nitrogens with one attached hydrogen (secondary N) is 4. The maximum Gasteiger partial charge on any atom is 0.166 e. The highest BCUT2D eigenvalue weighted by Gasteiger charge is 2.21. The van der Waals surface area contributed by atoms with E-state index in [0.717, 1.165) is 23.3 Å². The van der Waals surface area contributed by atoms with Crippen molar-refractivity contribution < 1.29 is 0 Å². The first-order valence-electron chi connectivity index (χ1n) is 10.0. The number of hydrogen-bond donors (Lipinski definition) is 4. The Morgan fingerprint density at radius 3 is 1.44 bits per heavy atom. The summed E-state index contributed by atoms with van der Waals surface area (Å²) in [4.78, 5) is 0. The highest BCUT2D eigenvalue weighted by Crippen LogP contribution is 2.18. The van der Waals surface area contributed by atoms with Crippen LogP contribution in [-0.4, -0.2) is 35.4 Å². The molecule has 6 heteroatoms. The quantitative estimate of drug-likeness (QED) is 0.525. The second-order valence-corrected chi connectivity index (χ2v) is 9.30. The van der Waals surface area contributed by atoms with E-state index >= 15 is 0 Å². The van der Waals surface area contributed by atoms with E-state index in [2.05, 4.69) is 35.1 Å². The van der Waals surface area contributed by atoms with Gasteiger partial charge < -0.3 is 21.3 Å². The number of thiocarbonyl (C=S) groups is 2. The molecule has 0 heterocycles. The predicted octanol–water partition coefficient (Wildman–Crippen LogP) is 3.61. The Morgan fingerprint density at radius 1 is 0.720 bits per heavy atom. The lowest BCUT2D eigenvalue weighted by Gasteiger charge is -2.30. The molecule has 2 aliphatic carbocycles. The molecule has 0 unspecified atom stereocenters. The van der Waals surface area contributed by atoms with E-state index in [1.165, 1.54) is 64.2 Å². The van der Waals surface area contributed by atoms with E-state index in [1.807, 2.05) is 0 Å². The van der Waals surface area contributed by atoms with Crippen molar-refractivity contribution in [3.63, 3.8) is 0 Å². The van der Waals surface area contributed by atoms with Gasteiger partial charge in [0.05, 0.1) is 0 Å². The average Bonchev–Trinajstić information content (AvgIpc) is 2.60. The molecule has 0 aromatic rings. The smallest absolute Gasteiger partial charge is 0.166 e. The topological polar surface area (TPSA) is 48.1 Å². The zero-order chi connectivity index (χ0) is 18.1. The Morgan fingerprint density at radius 2 is 1.08 bits per heavy atom. The maximum absolute atomic E-state index is 5.47. The molecule has 0 amide bonds. The molecule has 2 saturated carbocycles. The molecule has 0 aromatic heterocycles. The van der Waals surface area contributed by atoms with Crippen LogP contribution in [0.1, 0.15) is 78.1 Å². The molecule has 0 atom stereocenters. The highest BCUT2D eigenvalue weighted by molar-refractivity contribution is 7.80. The largest absolute Gasteiger partial charge is 0.362 e. The number of hydrogen-bond acceptors (Lipinski definition) is 2. The average molecular weight is 385 g/mol. The predicted molar refractivity (Wildman–Crippen MR) is 115 cm³/mol. The van der Waals surface area contributed by atoms with Crippen molar-refractivity contribution in [1.82, 2.24) is 21.3 Å². The van der Waals surface area contributed by atoms with Crippen LogP contribution in [0.25, 0.3) is 0 Å². The molecule has 2 rings (SSSR count). The molecular formula is C19H36N4S2. The second-order valence-electron chi connectivity index (χ2n) is 8.49. The van der Waals surface area contributed by atoms with Gasteiger partial charge in [-0.2, -0.15) is 0 Å². The van der Waals surface area contributed by atoms with Gasteiger partial charge in [-0.3, -0.25) is 0 Å². The van der Waals surface area contributed by atoms with Gasteiger partial charge in [0.15, 0.2) is 10.2 Å². The molecule has 0 bridgehead atoms. The Balaban J connectivity index is 1.61. The lowest BCUT2D eigenvalue weighted by molar-refractivity contribution is 0.353. The van der Waals surface area contributed by atoms with Gasteiger partial charge >= 0.3 is 0 Å². The fraction of sp³-hybridized carbons (Fsp3) is 0.895. The van der Waals surface area contributed by atoms with Crippen LogP contribution < -0.4 is 21.3 Å². The minimum atomic E-state index is 0.0800. The van der Waals surface area contributed by atoms with Crippen LogP contribution in [-0.2, 0) is 0 Å². The van der Waals surface area contributed by atoms with Gasteiger partial charge in [-0.1, -0.05) is 52.4 Å². The molecule has 2 aliphatic rings.